The molecule has 0 spiro atoms. The summed E-state index contributed by atoms with van der Waals surface area (Å²) in [6.45, 7) is 6.41. The second kappa shape index (κ2) is 9.64. The molecule has 0 saturated carbocycles. The van der Waals surface area contributed by atoms with Crippen molar-refractivity contribution in [2.75, 3.05) is 27.2 Å². The van der Waals surface area contributed by atoms with Crippen LogP contribution in [0.1, 0.15) is 41.6 Å². The number of likely N-dealkylation sites (N-methyl/N-ethyl adjacent to an activating group) is 1. The number of nitrogens with one attached hydrogen (secondary N) is 1. The van der Waals surface area contributed by atoms with Crippen LogP contribution in [0.5, 0.6) is 5.75 Å². The van der Waals surface area contributed by atoms with Crippen LogP contribution in [0.25, 0.3) is 0 Å². The number of carbonyl (C=O) groups excluding carboxylic acids is 2. The van der Waals surface area contributed by atoms with Gasteiger partial charge in [-0.2, -0.15) is 5.10 Å². The zero-order valence-corrected chi connectivity index (χ0v) is 18.8. The summed E-state index contributed by atoms with van der Waals surface area (Å²) in [6.07, 6.45) is 0.569. The number of amides is 3. The number of rotatable bonds is 6. The Balaban J connectivity index is 1.94. The monoisotopic (exact) mass is 422 g/mol. The summed E-state index contributed by atoms with van der Waals surface area (Å²) in [6, 6.07) is 13.3. The van der Waals surface area contributed by atoms with Gasteiger partial charge in [-0.25, -0.2) is 9.80 Å². The highest BCUT2D eigenvalue weighted by atomic mass is 16.5. The summed E-state index contributed by atoms with van der Waals surface area (Å²) >= 11 is 0. The number of para-hydroxylation sites is 1. The summed E-state index contributed by atoms with van der Waals surface area (Å²) in [5, 5.41) is 8.91. The lowest BCUT2D eigenvalue weighted by molar-refractivity contribution is -0.133. The van der Waals surface area contributed by atoms with E-state index >= 15 is 0 Å². The van der Waals surface area contributed by atoms with Crippen LogP contribution in [0.2, 0.25) is 0 Å². The van der Waals surface area contributed by atoms with Gasteiger partial charge in [0.15, 0.2) is 0 Å². The minimum absolute atomic E-state index is 0.0683. The van der Waals surface area contributed by atoms with Crippen molar-refractivity contribution in [2.45, 2.75) is 33.2 Å². The number of hydrogen-bond acceptors (Lipinski definition) is 4. The van der Waals surface area contributed by atoms with Crippen LogP contribution in [0, 0.1) is 13.8 Å². The van der Waals surface area contributed by atoms with Crippen molar-refractivity contribution in [1.29, 1.82) is 0 Å². The van der Waals surface area contributed by atoms with E-state index in [-0.39, 0.29) is 24.5 Å². The first-order chi connectivity index (χ1) is 14.8. The molecule has 3 rings (SSSR count). The number of benzene rings is 2. The molecule has 1 atom stereocenters. The fourth-order valence-corrected chi connectivity index (χ4v) is 3.65. The maximum Gasteiger partial charge on any atom is 0.317 e. The van der Waals surface area contributed by atoms with E-state index in [9.17, 15) is 9.59 Å². The molecule has 0 unspecified atom stereocenters. The minimum Gasteiger partial charge on any atom is -0.496 e. The highest BCUT2D eigenvalue weighted by Gasteiger charge is 2.35. The predicted octanol–water partition coefficient (Wildman–Crippen LogP) is 3.65. The summed E-state index contributed by atoms with van der Waals surface area (Å²) in [5.41, 5.74) is 5.11. The van der Waals surface area contributed by atoms with E-state index in [4.69, 9.17) is 9.84 Å². The Labute approximate surface area is 183 Å². The highest BCUT2D eigenvalue weighted by molar-refractivity contribution is 6.03. The van der Waals surface area contributed by atoms with Crippen LogP contribution in [0.3, 0.4) is 0 Å². The van der Waals surface area contributed by atoms with E-state index < -0.39 is 0 Å². The average molecular weight is 423 g/mol. The molecule has 164 valence electrons. The van der Waals surface area contributed by atoms with Gasteiger partial charge in [0.1, 0.15) is 12.3 Å². The Bertz CT molecular complexity index is 1000. The second-order valence-corrected chi connectivity index (χ2v) is 7.74. The van der Waals surface area contributed by atoms with Gasteiger partial charge < -0.3 is 15.0 Å². The standard InChI is InChI=1S/C24H30N4O3/c1-6-25-24(30)27(4)15-23(29)28-21(19-9-7-8-10-22(19)31-5)14-20(26-28)18-12-11-16(2)17(3)13-18/h7-13,21H,6,14-15H2,1-5H3,(H,25,30)/t21-/m0/s1. The number of nitrogens with zero attached hydrogens (tertiary/aromatic N) is 3. The Morgan fingerprint density at radius 1 is 1.19 bits per heavy atom. The van der Waals surface area contributed by atoms with Crippen molar-refractivity contribution in [1.82, 2.24) is 15.2 Å². The highest BCUT2D eigenvalue weighted by Crippen LogP contribution is 2.37. The molecule has 2 aromatic carbocycles. The quantitative estimate of drug-likeness (QED) is 0.772. The smallest absolute Gasteiger partial charge is 0.317 e. The molecule has 0 radical (unpaired) electrons. The van der Waals surface area contributed by atoms with E-state index in [0.29, 0.717) is 18.7 Å². The van der Waals surface area contributed by atoms with Crippen LogP contribution < -0.4 is 10.1 Å². The van der Waals surface area contributed by atoms with Crippen molar-refractivity contribution >= 4 is 17.6 Å². The molecule has 2 aromatic rings. The number of carbonyl (C=O) groups is 2. The Kier molecular flexibility index (Phi) is 6.95. The third-order valence-electron chi connectivity index (χ3n) is 5.55. The topological polar surface area (TPSA) is 74.2 Å². The minimum atomic E-state index is -0.303. The van der Waals surface area contributed by atoms with E-state index in [0.717, 1.165) is 16.8 Å². The van der Waals surface area contributed by atoms with Crippen molar-refractivity contribution in [3.63, 3.8) is 0 Å². The molecule has 1 N–H and O–H groups in total. The number of methoxy groups -OCH3 is 1. The SMILES string of the molecule is CCNC(=O)N(C)CC(=O)N1N=C(c2ccc(C)c(C)c2)C[C@H]1c1ccccc1OC. The van der Waals surface area contributed by atoms with E-state index in [2.05, 4.69) is 31.3 Å². The van der Waals surface area contributed by atoms with Gasteiger partial charge in [0, 0.05) is 25.6 Å². The molecule has 1 heterocycles. The molecule has 7 nitrogen and oxygen atoms in total. The Morgan fingerprint density at radius 3 is 2.61 bits per heavy atom. The molecule has 3 amide bonds. The third-order valence-corrected chi connectivity index (χ3v) is 5.55. The molecule has 1 aliphatic heterocycles. The van der Waals surface area contributed by atoms with E-state index in [1.54, 1.807) is 14.2 Å². The zero-order chi connectivity index (χ0) is 22.5. The lowest BCUT2D eigenvalue weighted by atomic mass is 9.96. The maximum absolute atomic E-state index is 13.2. The van der Waals surface area contributed by atoms with Gasteiger partial charge in [-0.3, -0.25) is 4.79 Å². The van der Waals surface area contributed by atoms with Gasteiger partial charge in [0.2, 0.25) is 0 Å². The largest absolute Gasteiger partial charge is 0.496 e. The van der Waals surface area contributed by atoms with Crippen molar-refractivity contribution < 1.29 is 14.3 Å². The van der Waals surface area contributed by atoms with Gasteiger partial charge >= 0.3 is 6.03 Å². The summed E-state index contributed by atoms with van der Waals surface area (Å²) in [5.74, 6) is 0.461. The van der Waals surface area contributed by atoms with Crippen LogP contribution in [0.15, 0.2) is 47.6 Å². The molecular formula is C24H30N4O3. The van der Waals surface area contributed by atoms with Crippen LogP contribution in [-0.4, -0.2) is 54.8 Å². The number of hydrogen-bond donors (Lipinski definition) is 1. The van der Waals surface area contributed by atoms with E-state index in [1.807, 2.05) is 37.3 Å². The molecule has 1 aliphatic rings. The fourth-order valence-electron chi connectivity index (χ4n) is 3.65. The number of ether oxygens (including phenoxy) is 1. The van der Waals surface area contributed by atoms with Gasteiger partial charge in [-0.1, -0.05) is 30.3 Å². The molecule has 0 aromatic heterocycles. The van der Waals surface area contributed by atoms with Crippen molar-refractivity contribution in [3.05, 3.63) is 64.7 Å². The molecule has 7 heteroatoms. The lowest BCUT2D eigenvalue weighted by Crippen LogP contribution is -2.43. The Hall–Kier alpha value is -3.35. The molecule has 0 saturated heterocycles. The van der Waals surface area contributed by atoms with Crippen molar-refractivity contribution in [3.8, 4) is 5.75 Å². The first-order valence-corrected chi connectivity index (χ1v) is 10.4. The van der Waals surface area contributed by atoms with Gasteiger partial charge in [-0.15, -0.1) is 0 Å². The van der Waals surface area contributed by atoms with Crippen LogP contribution in [-0.2, 0) is 4.79 Å². The van der Waals surface area contributed by atoms with Crippen molar-refractivity contribution in [2.24, 2.45) is 5.10 Å². The first kappa shape index (κ1) is 22.3. The van der Waals surface area contributed by atoms with Gasteiger partial charge in [0.25, 0.3) is 5.91 Å². The molecular weight excluding hydrogens is 392 g/mol. The molecule has 0 bridgehead atoms. The third kappa shape index (κ3) is 4.87. The van der Waals surface area contributed by atoms with Crippen LogP contribution >= 0.6 is 0 Å². The second-order valence-electron chi connectivity index (χ2n) is 7.74. The number of aryl methyl sites for hydroxylation is 2. The normalized spacial score (nSPS) is 15.5. The van der Waals surface area contributed by atoms with E-state index in [1.165, 1.54) is 21.0 Å². The lowest BCUT2D eigenvalue weighted by Gasteiger charge is -2.25. The van der Waals surface area contributed by atoms with Gasteiger partial charge in [-0.05, 0) is 49.6 Å². The molecule has 0 aliphatic carbocycles. The average Bonchev–Trinajstić information content (AvgIpc) is 3.21. The zero-order valence-electron chi connectivity index (χ0n) is 18.8. The summed E-state index contributed by atoms with van der Waals surface area (Å²) in [4.78, 5) is 26.7. The summed E-state index contributed by atoms with van der Waals surface area (Å²) in [7, 11) is 3.22. The fraction of sp³-hybridized carbons (Fsp3) is 0.375. The number of hydrazone groups is 1. The van der Waals surface area contributed by atoms with Gasteiger partial charge in [0.05, 0.1) is 18.9 Å². The molecule has 31 heavy (non-hydrogen) atoms. The first-order valence-electron chi connectivity index (χ1n) is 10.4. The van der Waals surface area contributed by atoms with Crippen LogP contribution in [0.4, 0.5) is 4.79 Å². The predicted molar refractivity (Wildman–Crippen MR) is 121 cm³/mol. The maximum atomic E-state index is 13.2. The number of urea groups is 1. The Morgan fingerprint density at radius 2 is 1.94 bits per heavy atom. The summed E-state index contributed by atoms with van der Waals surface area (Å²) < 4.78 is 5.55. The molecule has 0 fully saturated rings.